The summed E-state index contributed by atoms with van der Waals surface area (Å²) >= 11 is 0. The van der Waals surface area contributed by atoms with Crippen molar-refractivity contribution in [2.45, 2.75) is 57.8 Å². The average Bonchev–Trinajstić information content (AvgIpc) is 3.27. The molecule has 0 unspecified atom stereocenters. The highest BCUT2D eigenvalue weighted by Crippen LogP contribution is 2.16. The molecule has 4 heterocycles. The van der Waals surface area contributed by atoms with Gasteiger partial charge in [0.1, 0.15) is 5.82 Å². The molecule has 9 heteroatoms. The molecule has 0 saturated carbocycles. The van der Waals surface area contributed by atoms with E-state index in [1.165, 1.54) is 6.42 Å². The number of nitrogens with one attached hydrogen (secondary N) is 2. The second kappa shape index (κ2) is 8.55. The van der Waals surface area contributed by atoms with Crippen LogP contribution >= 0.6 is 0 Å². The molecule has 9 nitrogen and oxygen atoms in total. The fourth-order valence-corrected chi connectivity index (χ4v) is 3.89. The number of hydrogen-bond donors (Lipinski definition) is 2. The normalized spacial score (nSPS) is 20.3. The Hall–Kier alpha value is -2.68. The topological polar surface area (TPSA) is 105 Å². The van der Waals surface area contributed by atoms with Crippen LogP contribution in [0.1, 0.15) is 42.9 Å². The Morgan fingerprint density at radius 1 is 1.29 bits per heavy atom. The van der Waals surface area contributed by atoms with E-state index in [0.717, 1.165) is 43.0 Å². The Morgan fingerprint density at radius 3 is 3.07 bits per heavy atom. The zero-order valence-corrected chi connectivity index (χ0v) is 15.9. The molecular weight excluding hydrogens is 360 g/mol. The summed E-state index contributed by atoms with van der Waals surface area (Å²) in [6.07, 6.45) is 7.77. The third kappa shape index (κ3) is 4.24. The molecular formula is C19H26N6O3. The molecule has 2 aromatic heterocycles. The van der Waals surface area contributed by atoms with Crippen molar-refractivity contribution in [3.05, 3.63) is 35.8 Å². The van der Waals surface area contributed by atoms with Crippen molar-refractivity contribution in [2.75, 3.05) is 13.1 Å². The summed E-state index contributed by atoms with van der Waals surface area (Å²) in [7, 11) is 0. The quantitative estimate of drug-likeness (QED) is 0.753. The van der Waals surface area contributed by atoms with Crippen molar-refractivity contribution in [3.63, 3.8) is 0 Å². The van der Waals surface area contributed by atoms with Crippen LogP contribution < -0.4 is 10.6 Å². The fourth-order valence-electron chi connectivity index (χ4n) is 3.89. The number of nitrogens with zero attached hydrogens (tertiary/aromatic N) is 4. The zero-order valence-electron chi connectivity index (χ0n) is 15.9. The second-order valence-electron chi connectivity index (χ2n) is 7.38. The lowest BCUT2D eigenvalue weighted by atomic mass is 10.1. The maximum absolute atomic E-state index is 12.5. The number of furan rings is 1. The Bertz CT molecular complexity index is 816. The van der Waals surface area contributed by atoms with Gasteiger partial charge in [-0.15, -0.1) is 10.2 Å². The summed E-state index contributed by atoms with van der Waals surface area (Å²) in [5, 5.41) is 14.3. The molecule has 0 radical (unpaired) electrons. The van der Waals surface area contributed by atoms with Gasteiger partial charge in [0.05, 0.1) is 31.5 Å². The number of aryl methyl sites for hydroxylation is 1. The molecule has 4 rings (SSSR count). The number of fused-ring (bicyclic) bond motifs is 1. The first kappa shape index (κ1) is 18.7. The molecule has 2 aliphatic heterocycles. The van der Waals surface area contributed by atoms with Gasteiger partial charge >= 0.3 is 0 Å². The molecule has 0 aromatic carbocycles. The Kier molecular flexibility index (Phi) is 5.70. The van der Waals surface area contributed by atoms with E-state index >= 15 is 0 Å². The van der Waals surface area contributed by atoms with Gasteiger partial charge in [-0.05, 0) is 18.9 Å². The largest absolute Gasteiger partial charge is 0.472 e. The van der Waals surface area contributed by atoms with Gasteiger partial charge in [0.15, 0.2) is 5.82 Å². The summed E-state index contributed by atoms with van der Waals surface area (Å²) in [6, 6.07) is 1.39. The molecule has 2 aliphatic rings. The van der Waals surface area contributed by atoms with E-state index < -0.39 is 6.04 Å². The van der Waals surface area contributed by atoms with Gasteiger partial charge < -0.3 is 19.6 Å². The summed E-state index contributed by atoms with van der Waals surface area (Å²) in [6.45, 7) is 3.10. The van der Waals surface area contributed by atoms with Gasteiger partial charge in [-0.25, -0.2) is 0 Å². The number of rotatable bonds is 6. The monoisotopic (exact) mass is 386 g/mol. The molecule has 2 amide bonds. The summed E-state index contributed by atoms with van der Waals surface area (Å²) < 4.78 is 7.23. The predicted molar refractivity (Wildman–Crippen MR) is 100.0 cm³/mol. The standard InChI is InChI=1S/C19H26N6O3/c26-18(21-11-17-23-22-16-4-2-1-3-7-25(16)17)10-15-19(27)20-6-8-24(15)12-14-5-9-28-13-14/h5,9,13,15H,1-4,6-8,10-12H2,(H,20,27)(H,21,26)/t15-/m0/s1. The van der Waals surface area contributed by atoms with Crippen LogP contribution in [0, 0.1) is 0 Å². The van der Waals surface area contributed by atoms with Crippen molar-refractivity contribution in [2.24, 2.45) is 0 Å². The molecule has 2 N–H and O–H groups in total. The van der Waals surface area contributed by atoms with Crippen molar-refractivity contribution < 1.29 is 14.0 Å². The summed E-state index contributed by atoms with van der Waals surface area (Å²) in [4.78, 5) is 26.9. The molecule has 1 atom stereocenters. The Morgan fingerprint density at radius 2 is 2.21 bits per heavy atom. The highest BCUT2D eigenvalue weighted by molar-refractivity contribution is 5.88. The predicted octanol–water partition coefficient (Wildman–Crippen LogP) is 0.604. The number of aromatic nitrogens is 3. The number of piperazine rings is 1. The smallest absolute Gasteiger partial charge is 0.237 e. The van der Waals surface area contributed by atoms with Crippen molar-refractivity contribution >= 4 is 11.8 Å². The van der Waals surface area contributed by atoms with Crippen molar-refractivity contribution in [1.82, 2.24) is 30.3 Å². The van der Waals surface area contributed by atoms with Gasteiger partial charge in [-0.3, -0.25) is 14.5 Å². The van der Waals surface area contributed by atoms with E-state index in [1.807, 2.05) is 11.0 Å². The number of carbonyl (C=O) groups is 2. The molecule has 2 aromatic rings. The summed E-state index contributed by atoms with van der Waals surface area (Å²) in [5.74, 6) is 1.51. The lowest BCUT2D eigenvalue weighted by Gasteiger charge is -2.34. The van der Waals surface area contributed by atoms with Crippen molar-refractivity contribution in [1.29, 1.82) is 0 Å². The van der Waals surface area contributed by atoms with Crippen LogP contribution in [0.3, 0.4) is 0 Å². The molecule has 1 saturated heterocycles. The maximum atomic E-state index is 12.5. The third-order valence-corrected chi connectivity index (χ3v) is 5.42. The number of amides is 2. The van der Waals surface area contributed by atoms with E-state index in [0.29, 0.717) is 26.2 Å². The first-order valence-electron chi connectivity index (χ1n) is 9.91. The highest BCUT2D eigenvalue weighted by atomic mass is 16.3. The van der Waals surface area contributed by atoms with Crippen LogP contribution in [-0.4, -0.2) is 50.6 Å². The first-order valence-corrected chi connectivity index (χ1v) is 9.91. The SMILES string of the molecule is O=C(C[C@H]1C(=O)NCCN1Cc1ccoc1)NCc1nnc2n1CCCCC2. The van der Waals surface area contributed by atoms with Gasteiger partial charge in [-0.2, -0.15) is 0 Å². The molecule has 1 fully saturated rings. The fraction of sp³-hybridized carbons (Fsp3) is 0.579. The van der Waals surface area contributed by atoms with E-state index in [-0.39, 0.29) is 18.2 Å². The minimum absolute atomic E-state index is 0.110. The van der Waals surface area contributed by atoms with Gasteiger partial charge in [0.25, 0.3) is 0 Å². The van der Waals surface area contributed by atoms with E-state index in [2.05, 4.69) is 25.4 Å². The van der Waals surface area contributed by atoms with Crippen molar-refractivity contribution in [3.8, 4) is 0 Å². The van der Waals surface area contributed by atoms with Crippen LogP contribution in [0.5, 0.6) is 0 Å². The number of carbonyl (C=O) groups excluding carboxylic acids is 2. The lowest BCUT2D eigenvalue weighted by Crippen LogP contribution is -2.56. The van der Waals surface area contributed by atoms with Gasteiger partial charge in [0.2, 0.25) is 11.8 Å². The average molecular weight is 386 g/mol. The van der Waals surface area contributed by atoms with Gasteiger partial charge in [-0.1, -0.05) is 6.42 Å². The van der Waals surface area contributed by atoms with Crippen LogP contribution in [0.15, 0.2) is 23.0 Å². The highest BCUT2D eigenvalue weighted by Gasteiger charge is 2.31. The lowest BCUT2D eigenvalue weighted by molar-refractivity contribution is -0.134. The Balaban J connectivity index is 1.35. The summed E-state index contributed by atoms with van der Waals surface area (Å²) in [5.41, 5.74) is 0.992. The third-order valence-electron chi connectivity index (χ3n) is 5.42. The van der Waals surface area contributed by atoms with Crippen LogP contribution in [0.4, 0.5) is 0 Å². The minimum atomic E-state index is -0.487. The molecule has 28 heavy (non-hydrogen) atoms. The molecule has 0 bridgehead atoms. The van der Waals surface area contributed by atoms with E-state index in [9.17, 15) is 9.59 Å². The van der Waals surface area contributed by atoms with Crippen LogP contribution in [0.2, 0.25) is 0 Å². The van der Waals surface area contributed by atoms with E-state index in [4.69, 9.17) is 4.42 Å². The Labute approximate surface area is 163 Å². The second-order valence-corrected chi connectivity index (χ2v) is 7.38. The molecule has 0 aliphatic carbocycles. The first-order chi connectivity index (χ1) is 13.7. The minimum Gasteiger partial charge on any atom is -0.472 e. The van der Waals surface area contributed by atoms with E-state index in [1.54, 1.807) is 12.5 Å². The maximum Gasteiger partial charge on any atom is 0.237 e. The molecule has 150 valence electrons. The van der Waals surface area contributed by atoms with Crippen LogP contribution in [0.25, 0.3) is 0 Å². The molecule has 0 spiro atoms. The van der Waals surface area contributed by atoms with Crippen LogP contribution in [-0.2, 0) is 35.6 Å². The zero-order chi connectivity index (χ0) is 19.3. The number of hydrogen-bond acceptors (Lipinski definition) is 6. The van der Waals surface area contributed by atoms with Gasteiger partial charge in [0, 0.05) is 38.2 Å².